The van der Waals surface area contributed by atoms with E-state index in [1.54, 1.807) is 17.5 Å². The first-order valence-corrected chi connectivity index (χ1v) is 8.15. The van der Waals surface area contributed by atoms with Gasteiger partial charge in [0.05, 0.1) is 17.2 Å². The molecule has 0 saturated carbocycles. The highest BCUT2D eigenvalue weighted by Crippen LogP contribution is 2.29. The topological polar surface area (TPSA) is 37.8 Å². The van der Waals surface area contributed by atoms with Gasteiger partial charge in [-0.2, -0.15) is 0 Å². The molecule has 0 aromatic carbocycles. The molecule has 0 fully saturated rings. The van der Waals surface area contributed by atoms with Crippen molar-refractivity contribution in [1.82, 2.24) is 9.97 Å². The monoisotopic (exact) mass is 347 g/mol. The van der Waals surface area contributed by atoms with Crippen LogP contribution in [0.2, 0.25) is 0 Å². The number of nitrogens with one attached hydrogen (secondary N) is 1. The summed E-state index contributed by atoms with van der Waals surface area (Å²) in [5.74, 6) is 0. The van der Waals surface area contributed by atoms with E-state index in [2.05, 4.69) is 55.7 Å². The van der Waals surface area contributed by atoms with Gasteiger partial charge in [-0.1, -0.05) is 13.0 Å². The normalized spacial score (nSPS) is 12.5. The molecule has 3 nitrogen and oxygen atoms in total. The standard InChI is InChI=1S/C15H14BrN3S/c1-2-11(14-4-3-7-20-14)19-12-5-6-17-13-8-10(16)9-18-15(12)13/h3-9,11H,2H2,1H3,(H,17,19). The van der Waals surface area contributed by atoms with Crippen LogP contribution in [0.25, 0.3) is 11.0 Å². The second kappa shape index (κ2) is 5.89. The minimum Gasteiger partial charge on any atom is -0.376 e. The quantitative estimate of drug-likeness (QED) is 0.720. The molecule has 0 bridgehead atoms. The summed E-state index contributed by atoms with van der Waals surface area (Å²) in [6.45, 7) is 2.19. The molecule has 102 valence electrons. The molecule has 3 rings (SSSR count). The first kappa shape index (κ1) is 13.5. The van der Waals surface area contributed by atoms with E-state index in [9.17, 15) is 0 Å². The van der Waals surface area contributed by atoms with E-state index in [-0.39, 0.29) is 0 Å². The van der Waals surface area contributed by atoms with Crippen molar-refractivity contribution in [3.8, 4) is 0 Å². The van der Waals surface area contributed by atoms with Crippen molar-refractivity contribution in [2.45, 2.75) is 19.4 Å². The third kappa shape index (κ3) is 2.69. The molecule has 20 heavy (non-hydrogen) atoms. The van der Waals surface area contributed by atoms with E-state index in [4.69, 9.17) is 0 Å². The molecule has 0 spiro atoms. The maximum atomic E-state index is 4.48. The van der Waals surface area contributed by atoms with Gasteiger partial charge in [-0.25, -0.2) is 0 Å². The van der Waals surface area contributed by atoms with Crippen LogP contribution in [0.4, 0.5) is 5.69 Å². The fourth-order valence-corrected chi connectivity index (χ4v) is 3.35. The largest absolute Gasteiger partial charge is 0.376 e. The highest BCUT2D eigenvalue weighted by molar-refractivity contribution is 9.10. The van der Waals surface area contributed by atoms with Crippen LogP contribution in [0.1, 0.15) is 24.3 Å². The smallest absolute Gasteiger partial charge is 0.112 e. The minimum atomic E-state index is 0.311. The Morgan fingerprint density at radius 1 is 1.35 bits per heavy atom. The van der Waals surface area contributed by atoms with Crippen LogP contribution < -0.4 is 5.32 Å². The summed E-state index contributed by atoms with van der Waals surface area (Å²) >= 11 is 5.21. The fraction of sp³-hybridized carbons (Fsp3) is 0.200. The zero-order chi connectivity index (χ0) is 13.9. The molecule has 0 radical (unpaired) electrons. The fourth-order valence-electron chi connectivity index (χ4n) is 2.17. The summed E-state index contributed by atoms with van der Waals surface area (Å²) in [4.78, 5) is 10.2. The number of fused-ring (bicyclic) bond motifs is 1. The van der Waals surface area contributed by atoms with Crippen LogP contribution >= 0.6 is 27.3 Å². The van der Waals surface area contributed by atoms with E-state index < -0.39 is 0 Å². The van der Waals surface area contributed by atoms with Crippen LogP contribution in [-0.2, 0) is 0 Å². The van der Waals surface area contributed by atoms with Crippen LogP contribution in [0.5, 0.6) is 0 Å². The molecule has 0 aliphatic carbocycles. The van der Waals surface area contributed by atoms with Gasteiger partial charge in [0, 0.05) is 21.7 Å². The number of hydrogen-bond acceptors (Lipinski definition) is 4. The predicted octanol–water partition coefficient (Wildman–Crippen LogP) is 5.02. The molecule has 3 aromatic heterocycles. The highest BCUT2D eigenvalue weighted by atomic mass is 79.9. The maximum absolute atomic E-state index is 4.48. The van der Waals surface area contributed by atoms with Gasteiger partial charge in [-0.05, 0) is 45.9 Å². The van der Waals surface area contributed by atoms with Gasteiger partial charge in [0.1, 0.15) is 5.52 Å². The molecule has 5 heteroatoms. The second-order valence-electron chi connectivity index (χ2n) is 4.50. The average molecular weight is 348 g/mol. The van der Waals surface area contributed by atoms with E-state index in [1.165, 1.54) is 4.88 Å². The molecule has 1 N–H and O–H groups in total. The van der Waals surface area contributed by atoms with E-state index in [0.29, 0.717) is 6.04 Å². The second-order valence-corrected chi connectivity index (χ2v) is 6.40. The van der Waals surface area contributed by atoms with Crippen LogP contribution in [0.3, 0.4) is 0 Å². The third-order valence-corrected chi connectivity index (χ3v) is 4.59. The SMILES string of the molecule is CCC(Nc1ccnc2cc(Br)cnc12)c1cccs1. The number of nitrogens with zero attached hydrogens (tertiary/aromatic N) is 2. The van der Waals surface area contributed by atoms with Crippen molar-refractivity contribution in [3.05, 3.63) is 51.4 Å². The molecule has 0 saturated heterocycles. The first-order valence-electron chi connectivity index (χ1n) is 6.48. The van der Waals surface area contributed by atoms with Gasteiger partial charge in [0.2, 0.25) is 0 Å². The summed E-state index contributed by atoms with van der Waals surface area (Å²) in [5.41, 5.74) is 2.83. The maximum Gasteiger partial charge on any atom is 0.112 e. The minimum absolute atomic E-state index is 0.311. The lowest BCUT2D eigenvalue weighted by Crippen LogP contribution is -2.08. The number of aromatic nitrogens is 2. The summed E-state index contributed by atoms with van der Waals surface area (Å²) in [5, 5.41) is 5.70. The van der Waals surface area contributed by atoms with Gasteiger partial charge < -0.3 is 5.32 Å². The van der Waals surface area contributed by atoms with Gasteiger partial charge in [-0.15, -0.1) is 11.3 Å². The van der Waals surface area contributed by atoms with Gasteiger partial charge in [0.15, 0.2) is 0 Å². The van der Waals surface area contributed by atoms with Crippen LogP contribution in [-0.4, -0.2) is 9.97 Å². The van der Waals surface area contributed by atoms with Crippen molar-refractivity contribution in [2.24, 2.45) is 0 Å². The highest BCUT2D eigenvalue weighted by Gasteiger charge is 2.12. The lowest BCUT2D eigenvalue weighted by molar-refractivity contribution is 0.764. The lowest BCUT2D eigenvalue weighted by atomic mass is 10.1. The van der Waals surface area contributed by atoms with Crippen molar-refractivity contribution < 1.29 is 0 Å². The van der Waals surface area contributed by atoms with Crippen molar-refractivity contribution in [3.63, 3.8) is 0 Å². The molecule has 0 aliphatic rings. The van der Waals surface area contributed by atoms with E-state index >= 15 is 0 Å². The van der Waals surface area contributed by atoms with E-state index in [1.807, 2.05) is 18.3 Å². The molecular formula is C15H14BrN3S. The third-order valence-electron chi connectivity index (χ3n) is 3.17. The average Bonchev–Trinajstić information content (AvgIpc) is 2.98. The van der Waals surface area contributed by atoms with E-state index in [0.717, 1.165) is 27.6 Å². The van der Waals surface area contributed by atoms with Gasteiger partial charge in [0.25, 0.3) is 0 Å². The molecule has 0 amide bonds. The zero-order valence-corrected chi connectivity index (χ0v) is 13.4. The first-order chi connectivity index (χ1) is 9.78. The molecule has 1 atom stereocenters. The predicted molar refractivity (Wildman–Crippen MR) is 88.2 cm³/mol. The molecular weight excluding hydrogens is 334 g/mol. The molecule has 3 aromatic rings. The van der Waals surface area contributed by atoms with Crippen molar-refractivity contribution in [1.29, 1.82) is 0 Å². The lowest BCUT2D eigenvalue weighted by Gasteiger charge is -2.17. The summed E-state index contributed by atoms with van der Waals surface area (Å²) < 4.78 is 0.944. The Bertz CT molecular complexity index is 712. The summed E-state index contributed by atoms with van der Waals surface area (Å²) in [6.07, 6.45) is 4.65. The Balaban J connectivity index is 1.98. The Morgan fingerprint density at radius 3 is 3.00 bits per heavy atom. The Kier molecular flexibility index (Phi) is 3.98. The summed E-state index contributed by atoms with van der Waals surface area (Å²) in [6, 6.07) is 8.54. The Morgan fingerprint density at radius 2 is 2.25 bits per heavy atom. The Hall–Kier alpha value is -1.46. The van der Waals surface area contributed by atoms with Crippen LogP contribution in [0, 0.1) is 0 Å². The number of halogens is 1. The molecule has 3 heterocycles. The van der Waals surface area contributed by atoms with Gasteiger partial charge >= 0.3 is 0 Å². The zero-order valence-electron chi connectivity index (χ0n) is 11.0. The van der Waals surface area contributed by atoms with Gasteiger partial charge in [-0.3, -0.25) is 9.97 Å². The molecule has 1 unspecified atom stereocenters. The number of pyridine rings is 2. The summed E-state index contributed by atoms with van der Waals surface area (Å²) in [7, 11) is 0. The Labute approximate surface area is 130 Å². The molecule has 0 aliphatic heterocycles. The van der Waals surface area contributed by atoms with Crippen LogP contribution in [0.15, 0.2) is 46.5 Å². The number of hydrogen-bond donors (Lipinski definition) is 1. The van der Waals surface area contributed by atoms with Crippen molar-refractivity contribution in [2.75, 3.05) is 5.32 Å². The number of rotatable bonds is 4. The number of anilines is 1. The van der Waals surface area contributed by atoms with Crippen molar-refractivity contribution >= 4 is 44.0 Å². The number of thiophene rings is 1.